The van der Waals surface area contributed by atoms with Crippen molar-refractivity contribution in [3.05, 3.63) is 23.8 Å². The van der Waals surface area contributed by atoms with Gasteiger partial charge in [-0.25, -0.2) is 4.79 Å². The number of carbonyl (C=O) groups excluding carboxylic acids is 2. The fraction of sp³-hybridized carbons (Fsp3) is 0.579. The molecule has 3 atom stereocenters. The van der Waals surface area contributed by atoms with Crippen LogP contribution in [-0.4, -0.2) is 38.7 Å². The summed E-state index contributed by atoms with van der Waals surface area (Å²) < 4.78 is 15.4. The molecule has 0 spiro atoms. The molecular formula is C19H27NO5. The highest BCUT2D eigenvalue weighted by molar-refractivity contribution is 5.94. The van der Waals surface area contributed by atoms with E-state index < -0.39 is 5.97 Å². The molecular weight excluding hydrogens is 322 g/mol. The highest BCUT2D eigenvalue weighted by Crippen LogP contribution is 2.29. The van der Waals surface area contributed by atoms with Gasteiger partial charge in [0.2, 0.25) is 0 Å². The lowest BCUT2D eigenvalue weighted by molar-refractivity contribution is -0.125. The van der Waals surface area contributed by atoms with Crippen molar-refractivity contribution in [2.45, 2.75) is 39.2 Å². The number of methoxy groups -OCH3 is 2. The Labute approximate surface area is 148 Å². The molecule has 2 rings (SSSR count). The van der Waals surface area contributed by atoms with Crippen LogP contribution in [0.25, 0.3) is 0 Å². The Hall–Kier alpha value is -2.24. The van der Waals surface area contributed by atoms with Crippen molar-refractivity contribution in [3.63, 3.8) is 0 Å². The molecule has 1 fully saturated rings. The summed E-state index contributed by atoms with van der Waals surface area (Å²) in [4.78, 5) is 24.3. The van der Waals surface area contributed by atoms with Crippen LogP contribution in [0.1, 0.15) is 43.5 Å². The molecule has 0 aliphatic heterocycles. The lowest BCUT2D eigenvalue weighted by Gasteiger charge is -2.34. The van der Waals surface area contributed by atoms with Gasteiger partial charge in [-0.15, -0.1) is 0 Å². The Balaban J connectivity index is 1.90. The zero-order chi connectivity index (χ0) is 18.4. The molecule has 1 aromatic rings. The standard InChI is InChI=1S/C19H27NO5/c1-12-6-5-7-16(13(12)2)20-18(21)11-25-19(22)15-9-8-14(23-3)10-17(15)24-4/h8-10,12-13,16H,5-7,11H2,1-4H3,(H,20,21)/t12-,13-,16+/m0/s1. The maximum Gasteiger partial charge on any atom is 0.342 e. The largest absolute Gasteiger partial charge is 0.497 e. The molecule has 138 valence electrons. The summed E-state index contributed by atoms with van der Waals surface area (Å²) in [6, 6.07) is 4.94. The second-order valence-corrected chi connectivity index (χ2v) is 6.58. The quantitative estimate of drug-likeness (QED) is 0.800. The number of carbonyl (C=O) groups is 2. The molecule has 1 aromatic carbocycles. The smallest absolute Gasteiger partial charge is 0.342 e. The van der Waals surface area contributed by atoms with Crippen LogP contribution in [-0.2, 0) is 9.53 Å². The van der Waals surface area contributed by atoms with E-state index in [1.165, 1.54) is 20.6 Å². The summed E-state index contributed by atoms with van der Waals surface area (Å²) in [5, 5.41) is 2.99. The SMILES string of the molecule is COc1ccc(C(=O)OCC(=O)N[C@@H]2CCC[C@H](C)[C@@H]2C)c(OC)c1. The van der Waals surface area contributed by atoms with Gasteiger partial charge in [-0.05, 0) is 30.4 Å². The lowest BCUT2D eigenvalue weighted by atomic mass is 9.78. The zero-order valence-electron chi connectivity index (χ0n) is 15.3. The third-order valence-electron chi connectivity index (χ3n) is 5.02. The van der Waals surface area contributed by atoms with Gasteiger partial charge in [0.05, 0.1) is 14.2 Å². The van der Waals surface area contributed by atoms with Gasteiger partial charge in [0.15, 0.2) is 6.61 Å². The average molecular weight is 349 g/mol. The first-order valence-corrected chi connectivity index (χ1v) is 8.64. The molecule has 0 unspecified atom stereocenters. The minimum absolute atomic E-state index is 0.144. The Morgan fingerprint density at radius 1 is 1.16 bits per heavy atom. The van der Waals surface area contributed by atoms with Gasteiger partial charge in [-0.1, -0.05) is 26.7 Å². The first-order chi connectivity index (χ1) is 12.0. The van der Waals surface area contributed by atoms with E-state index in [9.17, 15) is 9.59 Å². The number of esters is 1. The van der Waals surface area contributed by atoms with Crippen LogP contribution < -0.4 is 14.8 Å². The first kappa shape index (κ1) is 19.1. The van der Waals surface area contributed by atoms with E-state index in [0.29, 0.717) is 23.3 Å². The predicted octanol–water partition coefficient (Wildman–Crippen LogP) is 2.80. The molecule has 1 N–H and O–H groups in total. The van der Waals surface area contributed by atoms with Gasteiger partial charge < -0.3 is 19.5 Å². The van der Waals surface area contributed by atoms with E-state index in [4.69, 9.17) is 14.2 Å². The highest BCUT2D eigenvalue weighted by Gasteiger charge is 2.28. The third kappa shape index (κ3) is 4.87. The van der Waals surface area contributed by atoms with Crippen molar-refractivity contribution in [2.75, 3.05) is 20.8 Å². The number of nitrogens with one attached hydrogen (secondary N) is 1. The van der Waals surface area contributed by atoms with Crippen LogP contribution in [0, 0.1) is 11.8 Å². The summed E-state index contributed by atoms with van der Waals surface area (Å²) in [6.07, 6.45) is 3.27. The lowest BCUT2D eigenvalue weighted by Crippen LogP contribution is -2.45. The van der Waals surface area contributed by atoms with E-state index in [-0.39, 0.29) is 24.1 Å². The number of hydrogen-bond acceptors (Lipinski definition) is 5. The Kier molecular flexibility index (Phi) is 6.67. The minimum Gasteiger partial charge on any atom is -0.497 e. The fourth-order valence-corrected chi connectivity index (χ4v) is 3.21. The molecule has 1 amide bonds. The summed E-state index contributed by atoms with van der Waals surface area (Å²) >= 11 is 0. The van der Waals surface area contributed by atoms with E-state index in [1.807, 2.05) is 0 Å². The van der Waals surface area contributed by atoms with Crippen LogP contribution in [0.15, 0.2) is 18.2 Å². The normalized spacial score (nSPS) is 22.8. The van der Waals surface area contributed by atoms with Crippen LogP contribution >= 0.6 is 0 Å². The van der Waals surface area contributed by atoms with Crippen molar-refractivity contribution < 1.29 is 23.8 Å². The molecule has 6 heteroatoms. The maximum atomic E-state index is 12.2. The van der Waals surface area contributed by atoms with Crippen molar-refractivity contribution in [1.29, 1.82) is 0 Å². The van der Waals surface area contributed by atoms with E-state index >= 15 is 0 Å². The summed E-state index contributed by atoms with van der Waals surface area (Å²) in [5.74, 6) is 1.07. The van der Waals surface area contributed by atoms with Gasteiger partial charge >= 0.3 is 5.97 Å². The maximum absolute atomic E-state index is 12.2. The average Bonchev–Trinajstić information content (AvgIpc) is 2.62. The molecule has 0 radical (unpaired) electrons. The fourth-order valence-electron chi connectivity index (χ4n) is 3.21. The first-order valence-electron chi connectivity index (χ1n) is 8.64. The number of rotatable bonds is 6. The van der Waals surface area contributed by atoms with Gasteiger partial charge in [-0.3, -0.25) is 4.79 Å². The summed E-state index contributed by atoms with van der Waals surface area (Å²) in [6.45, 7) is 4.06. The Bertz CT molecular complexity index is 616. The second kappa shape index (κ2) is 8.74. The molecule has 1 aliphatic rings. The molecule has 25 heavy (non-hydrogen) atoms. The van der Waals surface area contributed by atoms with Crippen LogP contribution in [0.4, 0.5) is 0 Å². The molecule has 6 nitrogen and oxygen atoms in total. The summed E-state index contributed by atoms with van der Waals surface area (Å²) in [5.41, 5.74) is 0.260. The van der Waals surface area contributed by atoms with Gasteiger partial charge in [-0.2, -0.15) is 0 Å². The molecule has 0 bridgehead atoms. The van der Waals surface area contributed by atoms with Crippen LogP contribution in [0.2, 0.25) is 0 Å². The zero-order valence-corrected chi connectivity index (χ0v) is 15.3. The number of ether oxygens (including phenoxy) is 3. The highest BCUT2D eigenvalue weighted by atomic mass is 16.5. The van der Waals surface area contributed by atoms with Crippen LogP contribution in [0.3, 0.4) is 0 Å². The van der Waals surface area contributed by atoms with E-state index in [1.54, 1.807) is 18.2 Å². The van der Waals surface area contributed by atoms with E-state index in [2.05, 4.69) is 19.2 Å². The minimum atomic E-state index is -0.597. The third-order valence-corrected chi connectivity index (χ3v) is 5.02. The van der Waals surface area contributed by atoms with Gasteiger partial charge in [0.25, 0.3) is 5.91 Å². The molecule has 1 saturated carbocycles. The number of hydrogen-bond donors (Lipinski definition) is 1. The van der Waals surface area contributed by atoms with Crippen molar-refractivity contribution in [2.24, 2.45) is 11.8 Å². The Morgan fingerprint density at radius 3 is 2.60 bits per heavy atom. The second-order valence-electron chi connectivity index (χ2n) is 6.58. The van der Waals surface area contributed by atoms with E-state index in [0.717, 1.165) is 12.8 Å². The number of benzene rings is 1. The summed E-state index contributed by atoms with van der Waals surface area (Å²) in [7, 11) is 2.99. The number of amides is 1. The molecule has 0 heterocycles. The topological polar surface area (TPSA) is 73.9 Å². The van der Waals surface area contributed by atoms with Crippen molar-refractivity contribution in [3.8, 4) is 11.5 Å². The van der Waals surface area contributed by atoms with Crippen molar-refractivity contribution in [1.82, 2.24) is 5.32 Å². The molecule has 0 aromatic heterocycles. The monoisotopic (exact) mass is 349 g/mol. The molecule has 1 aliphatic carbocycles. The van der Waals surface area contributed by atoms with Crippen LogP contribution in [0.5, 0.6) is 11.5 Å². The Morgan fingerprint density at radius 2 is 1.92 bits per heavy atom. The molecule has 0 saturated heterocycles. The predicted molar refractivity (Wildman–Crippen MR) is 93.9 cm³/mol. The van der Waals surface area contributed by atoms with Gasteiger partial charge in [0.1, 0.15) is 17.1 Å². The van der Waals surface area contributed by atoms with Crippen molar-refractivity contribution >= 4 is 11.9 Å². The van der Waals surface area contributed by atoms with Gasteiger partial charge in [0, 0.05) is 12.1 Å².